The number of nitrogen functional groups attached to an aromatic ring is 1. The summed E-state index contributed by atoms with van der Waals surface area (Å²) in [5, 5.41) is 12.0. The third-order valence-corrected chi connectivity index (χ3v) is 3.85. The standard InChI is InChI=1S/C17H17F4N3O2/c1-24(9-10-2-4-12(18)5-3-10)14-7-11(6-13(23-26)16(14)22)8-15(25)17(19,20)21/h2-7,15,25H,8-9,22H2,1H3. The van der Waals surface area contributed by atoms with Crippen molar-refractivity contribution in [2.45, 2.75) is 25.2 Å². The van der Waals surface area contributed by atoms with E-state index in [0.717, 1.165) is 11.6 Å². The van der Waals surface area contributed by atoms with Crippen molar-refractivity contribution in [2.24, 2.45) is 5.18 Å². The van der Waals surface area contributed by atoms with Gasteiger partial charge in [-0.2, -0.15) is 13.2 Å². The van der Waals surface area contributed by atoms with E-state index in [2.05, 4.69) is 5.18 Å². The van der Waals surface area contributed by atoms with Gasteiger partial charge in [-0.25, -0.2) is 4.39 Å². The lowest BCUT2D eigenvalue weighted by Gasteiger charge is -2.23. The maximum absolute atomic E-state index is 13.0. The number of alkyl halides is 3. The Morgan fingerprint density at radius 3 is 2.35 bits per heavy atom. The van der Waals surface area contributed by atoms with Gasteiger partial charge in [-0.15, -0.1) is 4.91 Å². The fraction of sp³-hybridized carbons (Fsp3) is 0.294. The van der Waals surface area contributed by atoms with Crippen LogP contribution in [-0.2, 0) is 13.0 Å². The van der Waals surface area contributed by atoms with Crippen LogP contribution < -0.4 is 10.6 Å². The van der Waals surface area contributed by atoms with Crippen LogP contribution in [0.15, 0.2) is 41.6 Å². The number of anilines is 2. The average Bonchev–Trinajstić information content (AvgIpc) is 2.57. The number of halogens is 4. The van der Waals surface area contributed by atoms with Crippen LogP contribution in [0.1, 0.15) is 11.1 Å². The molecule has 0 amide bonds. The summed E-state index contributed by atoms with van der Waals surface area (Å²) in [5.41, 5.74) is 6.76. The molecule has 0 saturated heterocycles. The molecule has 1 unspecified atom stereocenters. The fourth-order valence-corrected chi connectivity index (χ4v) is 2.48. The Kier molecular flexibility index (Phi) is 5.81. The average molecular weight is 371 g/mol. The lowest BCUT2D eigenvalue weighted by Crippen LogP contribution is -2.30. The van der Waals surface area contributed by atoms with Gasteiger partial charge in [-0.3, -0.25) is 0 Å². The monoisotopic (exact) mass is 371 g/mol. The molecule has 0 radical (unpaired) electrons. The van der Waals surface area contributed by atoms with Gasteiger partial charge in [0.15, 0.2) is 6.10 Å². The largest absolute Gasteiger partial charge is 0.414 e. The molecule has 5 nitrogen and oxygen atoms in total. The number of aliphatic hydroxyl groups excluding tert-OH is 1. The van der Waals surface area contributed by atoms with Crippen LogP contribution in [-0.4, -0.2) is 24.4 Å². The molecule has 0 fully saturated rings. The van der Waals surface area contributed by atoms with E-state index in [-0.39, 0.29) is 29.2 Å². The molecule has 2 aromatic rings. The third kappa shape index (κ3) is 4.69. The summed E-state index contributed by atoms with van der Waals surface area (Å²) in [6, 6.07) is 8.15. The molecule has 0 spiro atoms. The van der Waals surface area contributed by atoms with Crippen LogP contribution in [0.25, 0.3) is 0 Å². The lowest BCUT2D eigenvalue weighted by molar-refractivity contribution is -0.203. The van der Waals surface area contributed by atoms with Crippen LogP contribution in [0.5, 0.6) is 0 Å². The minimum absolute atomic E-state index is 0.00913. The van der Waals surface area contributed by atoms with Crippen molar-refractivity contribution in [2.75, 3.05) is 17.7 Å². The molecule has 140 valence electrons. The number of aliphatic hydroxyl groups is 1. The molecule has 0 heterocycles. The van der Waals surface area contributed by atoms with E-state index in [1.807, 2.05) is 0 Å². The first kappa shape index (κ1) is 19.6. The molecule has 1 atom stereocenters. The molecule has 0 bridgehead atoms. The van der Waals surface area contributed by atoms with Gasteiger partial charge in [0.1, 0.15) is 11.5 Å². The van der Waals surface area contributed by atoms with E-state index in [4.69, 9.17) is 5.73 Å². The van der Waals surface area contributed by atoms with Crippen molar-refractivity contribution >= 4 is 17.1 Å². The second-order valence-electron chi connectivity index (χ2n) is 5.88. The second kappa shape index (κ2) is 7.69. The molecule has 2 aromatic carbocycles. The Hall–Kier alpha value is -2.68. The molecule has 9 heteroatoms. The highest BCUT2D eigenvalue weighted by Crippen LogP contribution is 2.35. The van der Waals surface area contributed by atoms with Gasteiger partial charge >= 0.3 is 6.18 Å². The zero-order valence-corrected chi connectivity index (χ0v) is 13.8. The summed E-state index contributed by atoms with van der Waals surface area (Å²) in [5.74, 6) is -0.397. The number of nitrogens with two attached hydrogens (primary N) is 1. The predicted molar refractivity (Wildman–Crippen MR) is 90.6 cm³/mol. The minimum atomic E-state index is -4.78. The van der Waals surface area contributed by atoms with Crippen molar-refractivity contribution in [1.82, 2.24) is 0 Å². The van der Waals surface area contributed by atoms with Gasteiger partial charge in [-0.1, -0.05) is 12.1 Å². The minimum Gasteiger partial charge on any atom is -0.395 e. The summed E-state index contributed by atoms with van der Waals surface area (Å²) < 4.78 is 50.7. The van der Waals surface area contributed by atoms with Crippen molar-refractivity contribution in [3.8, 4) is 0 Å². The first-order chi connectivity index (χ1) is 12.1. The molecular formula is C17H17F4N3O2. The highest BCUT2D eigenvalue weighted by Gasteiger charge is 2.38. The van der Waals surface area contributed by atoms with Gasteiger partial charge in [0, 0.05) is 20.0 Å². The van der Waals surface area contributed by atoms with Gasteiger partial charge in [-0.05, 0) is 40.6 Å². The second-order valence-corrected chi connectivity index (χ2v) is 5.88. The summed E-state index contributed by atoms with van der Waals surface area (Å²) >= 11 is 0. The molecule has 0 aliphatic rings. The molecule has 26 heavy (non-hydrogen) atoms. The van der Waals surface area contributed by atoms with Gasteiger partial charge in [0.05, 0.1) is 11.4 Å². The summed E-state index contributed by atoms with van der Waals surface area (Å²) in [4.78, 5) is 12.6. The third-order valence-electron chi connectivity index (χ3n) is 3.85. The first-order valence-corrected chi connectivity index (χ1v) is 7.58. The lowest BCUT2D eigenvalue weighted by atomic mass is 10.0. The van der Waals surface area contributed by atoms with Crippen molar-refractivity contribution in [1.29, 1.82) is 0 Å². The number of hydrogen-bond acceptors (Lipinski definition) is 5. The Bertz CT molecular complexity index is 779. The van der Waals surface area contributed by atoms with Crippen LogP contribution in [0.4, 0.5) is 34.6 Å². The smallest absolute Gasteiger partial charge is 0.395 e. The van der Waals surface area contributed by atoms with E-state index in [0.29, 0.717) is 0 Å². The predicted octanol–water partition coefficient (Wildman–Crippen LogP) is 3.91. The number of hydrogen-bond donors (Lipinski definition) is 2. The molecule has 2 rings (SSSR count). The van der Waals surface area contributed by atoms with E-state index < -0.39 is 24.5 Å². The molecule has 0 aromatic heterocycles. The summed E-state index contributed by atoms with van der Waals surface area (Å²) in [6.45, 7) is 0.272. The maximum Gasteiger partial charge on any atom is 0.414 e. The Morgan fingerprint density at radius 1 is 1.19 bits per heavy atom. The summed E-state index contributed by atoms with van der Waals surface area (Å²) in [6.07, 6.45) is -8.08. The van der Waals surface area contributed by atoms with Crippen molar-refractivity contribution < 1.29 is 22.7 Å². The normalized spacial score (nSPS) is 12.7. The number of rotatable bonds is 6. The van der Waals surface area contributed by atoms with Gasteiger partial charge in [0.25, 0.3) is 0 Å². The molecule has 0 saturated carbocycles. The quantitative estimate of drug-likeness (QED) is 0.458. The molecular weight excluding hydrogens is 354 g/mol. The molecule has 0 aliphatic heterocycles. The Morgan fingerprint density at radius 2 is 1.81 bits per heavy atom. The number of nitroso groups, excluding NO2 is 1. The maximum atomic E-state index is 13.0. The Labute approximate surface area is 147 Å². The fourth-order valence-electron chi connectivity index (χ4n) is 2.48. The van der Waals surface area contributed by atoms with Crippen LogP contribution in [0.2, 0.25) is 0 Å². The zero-order chi connectivity index (χ0) is 19.5. The highest BCUT2D eigenvalue weighted by atomic mass is 19.4. The number of benzene rings is 2. The molecule has 0 aliphatic carbocycles. The van der Waals surface area contributed by atoms with E-state index in [9.17, 15) is 27.6 Å². The first-order valence-electron chi connectivity index (χ1n) is 7.58. The van der Waals surface area contributed by atoms with Crippen molar-refractivity contribution in [3.63, 3.8) is 0 Å². The van der Waals surface area contributed by atoms with Gasteiger partial charge in [0.2, 0.25) is 0 Å². The van der Waals surface area contributed by atoms with E-state index in [1.165, 1.54) is 18.2 Å². The van der Waals surface area contributed by atoms with Crippen LogP contribution in [0.3, 0.4) is 0 Å². The van der Waals surface area contributed by atoms with Gasteiger partial charge < -0.3 is 15.7 Å². The van der Waals surface area contributed by atoms with Crippen LogP contribution >= 0.6 is 0 Å². The topological polar surface area (TPSA) is 78.9 Å². The Balaban J connectivity index is 2.32. The zero-order valence-electron chi connectivity index (χ0n) is 13.8. The van der Waals surface area contributed by atoms with E-state index >= 15 is 0 Å². The SMILES string of the molecule is CN(Cc1ccc(F)cc1)c1cc(CC(O)C(F)(F)F)cc(N=O)c1N. The number of nitrogens with zero attached hydrogens (tertiary/aromatic N) is 2. The molecule has 3 N–H and O–H groups in total. The summed E-state index contributed by atoms with van der Waals surface area (Å²) in [7, 11) is 1.62. The highest BCUT2D eigenvalue weighted by molar-refractivity contribution is 5.80. The van der Waals surface area contributed by atoms with Crippen molar-refractivity contribution in [3.05, 3.63) is 58.2 Å². The van der Waals surface area contributed by atoms with Crippen LogP contribution in [0, 0.1) is 10.7 Å². The van der Waals surface area contributed by atoms with E-state index in [1.54, 1.807) is 24.1 Å².